The highest BCUT2D eigenvalue weighted by atomic mass is 32.2. The number of sulfonamides is 1. The van der Waals surface area contributed by atoms with Gasteiger partial charge in [-0.05, 0) is 23.6 Å². The van der Waals surface area contributed by atoms with Gasteiger partial charge in [0.2, 0.25) is 21.8 Å². The second-order valence-electron chi connectivity index (χ2n) is 6.84. The minimum Gasteiger partial charge on any atom is -0.475 e. The van der Waals surface area contributed by atoms with Crippen LogP contribution in [-0.4, -0.2) is 45.7 Å². The quantitative estimate of drug-likeness (QED) is 0.518. The normalized spacial score (nSPS) is 12.6. The number of nitrogens with zero attached hydrogens (tertiary/aromatic N) is 1. The maximum absolute atomic E-state index is 13.9. The topological polar surface area (TPSA) is 107 Å². The first kappa shape index (κ1) is 23.7. The van der Waals surface area contributed by atoms with Crippen LogP contribution in [0.25, 0.3) is 0 Å². The number of aromatic nitrogens is 1. The van der Waals surface area contributed by atoms with E-state index in [0.29, 0.717) is 24.7 Å². The molecule has 0 radical (unpaired) electrons. The standard InChI is InChI=1S/C20H26FN3O5S/c1-14(2)19(24-30(26,27)17-7-5-4-6-16(17)21)20(25)23-13-15-8-9-18(22-12-15)29-11-10-28-3/h4-9,12,14,19,24H,10-11,13H2,1-3H3,(H,23,25)/t19-/m0/s1. The second-order valence-corrected chi connectivity index (χ2v) is 8.52. The van der Waals surface area contributed by atoms with Crippen molar-refractivity contribution in [1.82, 2.24) is 15.0 Å². The lowest BCUT2D eigenvalue weighted by molar-refractivity contribution is -0.123. The minimum atomic E-state index is -4.20. The molecule has 2 rings (SSSR count). The highest BCUT2D eigenvalue weighted by Crippen LogP contribution is 2.16. The average Bonchev–Trinajstić information content (AvgIpc) is 2.71. The first-order chi connectivity index (χ1) is 14.2. The SMILES string of the molecule is COCCOc1ccc(CNC(=O)[C@@H](NS(=O)(=O)c2ccccc2F)C(C)C)cn1. The van der Waals surface area contributed by atoms with Gasteiger partial charge in [-0.2, -0.15) is 4.72 Å². The molecule has 1 aromatic carbocycles. The van der Waals surface area contributed by atoms with Gasteiger partial charge in [-0.15, -0.1) is 0 Å². The molecule has 1 amide bonds. The van der Waals surface area contributed by atoms with Crippen LogP contribution in [0.2, 0.25) is 0 Å². The number of amides is 1. The van der Waals surface area contributed by atoms with Crippen LogP contribution in [0, 0.1) is 11.7 Å². The number of carbonyl (C=O) groups is 1. The summed E-state index contributed by atoms with van der Waals surface area (Å²) < 4.78 is 51.5. The van der Waals surface area contributed by atoms with Crippen molar-refractivity contribution in [3.63, 3.8) is 0 Å². The first-order valence-corrected chi connectivity index (χ1v) is 10.8. The Labute approximate surface area is 175 Å². The fourth-order valence-corrected chi connectivity index (χ4v) is 3.94. The minimum absolute atomic E-state index is 0.148. The molecule has 10 heteroatoms. The molecule has 2 N–H and O–H groups in total. The summed E-state index contributed by atoms with van der Waals surface area (Å²) in [5.74, 6) is -1.34. The third kappa shape index (κ3) is 6.75. The molecule has 0 saturated heterocycles. The van der Waals surface area contributed by atoms with Crippen LogP contribution < -0.4 is 14.8 Å². The number of hydrogen-bond acceptors (Lipinski definition) is 6. The smallest absolute Gasteiger partial charge is 0.244 e. The van der Waals surface area contributed by atoms with Gasteiger partial charge >= 0.3 is 0 Å². The number of ether oxygens (including phenoxy) is 2. The fourth-order valence-electron chi connectivity index (χ4n) is 2.52. The van der Waals surface area contributed by atoms with Gasteiger partial charge in [0.15, 0.2) is 0 Å². The molecule has 0 unspecified atom stereocenters. The summed E-state index contributed by atoms with van der Waals surface area (Å²) in [6.07, 6.45) is 1.55. The lowest BCUT2D eigenvalue weighted by atomic mass is 10.0. The van der Waals surface area contributed by atoms with Gasteiger partial charge in [0, 0.05) is 25.9 Å². The van der Waals surface area contributed by atoms with Crippen molar-refractivity contribution in [2.45, 2.75) is 31.3 Å². The summed E-state index contributed by atoms with van der Waals surface area (Å²) in [4.78, 5) is 16.2. The Morgan fingerprint density at radius 1 is 1.17 bits per heavy atom. The van der Waals surface area contributed by atoms with E-state index in [2.05, 4.69) is 15.0 Å². The Bertz CT molecular complexity index is 936. The molecule has 0 aliphatic carbocycles. The summed E-state index contributed by atoms with van der Waals surface area (Å²) in [5.41, 5.74) is 0.710. The van der Waals surface area contributed by atoms with E-state index in [4.69, 9.17) is 9.47 Å². The molecule has 8 nitrogen and oxygen atoms in total. The zero-order valence-corrected chi connectivity index (χ0v) is 17.9. The number of nitrogens with one attached hydrogen (secondary N) is 2. The molecule has 1 atom stereocenters. The highest BCUT2D eigenvalue weighted by molar-refractivity contribution is 7.89. The van der Waals surface area contributed by atoms with E-state index >= 15 is 0 Å². The van der Waals surface area contributed by atoms with Crippen LogP contribution in [0.5, 0.6) is 5.88 Å². The second kappa shape index (κ2) is 11.0. The van der Waals surface area contributed by atoms with E-state index in [1.807, 2.05) is 0 Å². The molecule has 0 aliphatic heterocycles. The predicted molar refractivity (Wildman–Crippen MR) is 109 cm³/mol. The van der Waals surface area contributed by atoms with Crippen molar-refractivity contribution in [3.8, 4) is 5.88 Å². The van der Waals surface area contributed by atoms with E-state index in [0.717, 1.165) is 12.1 Å². The number of pyridine rings is 1. The number of halogens is 1. The van der Waals surface area contributed by atoms with Crippen LogP contribution in [0.1, 0.15) is 19.4 Å². The summed E-state index contributed by atoms with van der Waals surface area (Å²) >= 11 is 0. The molecular weight excluding hydrogens is 413 g/mol. The Kier molecular flexibility index (Phi) is 8.70. The fraction of sp³-hybridized carbons (Fsp3) is 0.400. The number of carbonyl (C=O) groups excluding carboxylic acids is 1. The molecule has 30 heavy (non-hydrogen) atoms. The Morgan fingerprint density at radius 3 is 2.50 bits per heavy atom. The summed E-state index contributed by atoms with van der Waals surface area (Å²) in [6, 6.07) is 7.34. The third-order valence-electron chi connectivity index (χ3n) is 4.16. The van der Waals surface area contributed by atoms with E-state index in [-0.39, 0.29) is 12.5 Å². The summed E-state index contributed by atoms with van der Waals surface area (Å²) in [6.45, 7) is 4.36. The maximum Gasteiger partial charge on any atom is 0.244 e. The van der Waals surface area contributed by atoms with Crippen molar-refractivity contribution in [2.24, 2.45) is 5.92 Å². The molecule has 2 aromatic rings. The first-order valence-electron chi connectivity index (χ1n) is 9.36. The highest BCUT2D eigenvalue weighted by Gasteiger charge is 2.29. The molecule has 0 bridgehead atoms. The monoisotopic (exact) mass is 439 g/mol. The molecular formula is C20H26FN3O5S. The average molecular weight is 440 g/mol. The number of rotatable bonds is 11. The van der Waals surface area contributed by atoms with Gasteiger partial charge in [-0.25, -0.2) is 17.8 Å². The molecule has 1 aromatic heterocycles. The van der Waals surface area contributed by atoms with Crippen molar-refractivity contribution >= 4 is 15.9 Å². The predicted octanol–water partition coefficient (Wildman–Crippen LogP) is 1.87. The van der Waals surface area contributed by atoms with Gasteiger partial charge in [0.1, 0.15) is 23.4 Å². The Balaban J connectivity index is 2.00. The zero-order valence-electron chi connectivity index (χ0n) is 17.1. The molecule has 0 fully saturated rings. The van der Waals surface area contributed by atoms with Gasteiger partial charge in [0.05, 0.1) is 6.61 Å². The maximum atomic E-state index is 13.9. The van der Waals surface area contributed by atoms with Crippen LogP contribution in [-0.2, 0) is 26.1 Å². The van der Waals surface area contributed by atoms with Crippen molar-refractivity contribution in [2.75, 3.05) is 20.3 Å². The molecule has 0 saturated carbocycles. The van der Waals surface area contributed by atoms with Gasteiger partial charge in [0.25, 0.3) is 0 Å². The summed E-state index contributed by atoms with van der Waals surface area (Å²) in [5, 5.41) is 2.68. The van der Waals surface area contributed by atoms with Crippen LogP contribution in [0.3, 0.4) is 0 Å². The van der Waals surface area contributed by atoms with Crippen molar-refractivity contribution in [1.29, 1.82) is 0 Å². The largest absolute Gasteiger partial charge is 0.475 e. The van der Waals surface area contributed by atoms with Gasteiger partial charge in [-0.1, -0.05) is 32.0 Å². The van der Waals surface area contributed by atoms with Crippen molar-refractivity contribution in [3.05, 3.63) is 54.0 Å². The number of benzene rings is 1. The van der Waals surface area contributed by atoms with E-state index in [1.165, 1.54) is 12.1 Å². The van der Waals surface area contributed by atoms with E-state index < -0.39 is 32.7 Å². The van der Waals surface area contributed by atoms with Crippen molar-refractivity contribution < 1.29 is 27.1 Å². The Hall–Kier alpha value is -2.56. The number of hydrogen-bond donors (Lipinski definition) is 2. The molecule has 0 aliphatic rings. The Morgan fingerprint density at radius 2 is 1.90 bits per heavy atom. The third-order valence-corrected chi connectivity index (χ3v) is 5.63. The van der Waals surface area contributed by atoms with E-state index in [9.17, 15) is 17.6 Å². The molecule has 0 spiro atoms. The summed E-state index contributed by atoms with van der Waals surface area (Å²) in [7, 11) is -2.63. The van der Waals surface area contributed by atoms with Crippen LogP contribution >= 0.6 is 0 Å². The van der Waals surface area contributed by atoms with Gasteiger partial charge in [-0.3, -0.25) is 4.79 Å². The lowest BCUT2D eigenvalue weighted by Gasteiger charge is -2.22. The molecule has 1 heterocycles. The lowest BCUT2D eigenvalue weighted by Crippen LogP contribution is -2.49. The van der Waals surface area contributed by atoms with Gasteiger partial charge < -0.3 is 14.8 Å². The van der Waals surface area contributed by atoms with Crippen LogP contribution in [0.15, 0.2) is 47.5 Å². The molecule has 164 valence electrons. The van der Waals surface area contributed by atoms with Crippen LogP contribution in [0.4, 0.5) is 4.39 Å². The van der Waals surface area contributed by atoms with E-state index in [1.54, 1.807) is 39.3 Å². The zero-order chi connectivity index (χ0) is 22.1. The number of methoxy groups -OCH3 is 1.